The van der Waals surface area contributed by atoms with Gasteiger partial charge in [0.15, 0.2) is 11.5 Å². The van der Waals surface area contributed by atoms with E-state index < -0.39 is 29.1 Å². The average molecular weight is 576 g/mol. The van der Waals surface area contributed by atoms with E-state index in [0.717, 1.165) is 30.5 Å². The molecule has 2 unspecified atom stereocenters. The largest absolute Gasteiger partial charge is 0.493 e. The molecule has 0 aromatic heterocycles. The van der Waals surface area contributed by atoms with Gasteiger partial charge in [-0.3, -0.25) is 9.59 Å². The highest BCUT2D eigenvalue weighted by Gasteiger charge is 2.71. The predicted molar refractivity (Wildman–Crippen MR) is 153 cm³/mol. The molecule has 1 fully saturated rings. The zero-order valence-electron chi connectivity index (χ0n) is 23.6. The first-order chi connectivity index (χ1) is 18.5. The van der Waals surface area contributed by atoms with Crippen LogP contribution in [0.4, 0.5) is 0 Å². The minimum absolute atomic E-state index is 0. The molecule has 2 heterocycles. The maximum atomic E-state index is 13.0. The Hall–Kier alpha value is -2.76. The van der Waals surface area contributed by atoms with Gasteiger partial charge in [0.2, 0.25) is 11.8 Å². The highest BCUT2D eigenvalue weighted by molar-refractivity contribution is 7.59. The number of nitrogens with zero attached hydrogens (tertiary/aromatic N) is 1. The summed E-state index contributed by atoms with van der Waals surface area (Å²) in [6.07, 6.45) is 4.06. The normalized spacial score (nSPS) is 28.4. The minimum Gasteiger partial charge on any atom is -0.493 e. The Kier molecular flexibility index (Phi) is 8.50. The summed E-state index contributed by atoms with van der Waals surface area (Å²) in [6, 6.07) is 3.03. The van der Waals surface area contributed by atoms with Crippen molar-refractivity contribution >= 4 is 31.3 Å². The second kappa shape index (κ2) is 11.3. The number of ether oxygens (including phenoxy) is 2. The summed E-state index contributed by atoms with van der Waals surface area (Å²) in [4.78, 5) is 38.7. The molecule has 10 nitrogen and oxygen atoms in total. The number of hydrogen-bond acceptors (Lipinski definition) is 7. The van der Waals surface area contributed by atoms with Crippen LogP contribution < -0.4 is 20.1 Å². The van der Waals surface area contributed by atoms with E-state index in [1.807, 2.05) is 12.1 Å². The lowest BCUT2D eigenvalue weighted by Crippen LogP contribution is -2.74. The third kappa shape index (κ3) is 4.65. The first kappa shape index (κ1) is 30.2. The van der Waals surface area contributed by atoms with E-state index in [1.165, 1.54) is 5.56 Å². The number of hydrogen-bond donors (Lipinski definition) is 4. The molecule has 1 aromatic carbocycles. The van der Waals surface area contributed by atoms with E-state index in [9.17, 15) is 24.6 Å². The molecule has 2 amide bonds. The molecule has 2 bridgehead atoms. The molecule has 2 aliphatic carbocycles. The molecule has 1 aromatic rings. The second-order valence-corrected chi connectivity index (χ2v) is 11.7. The Morgan fingerprint density at radius 2 is 2.00 bits per heavy atom. The van der Waals surface area contributed by atoms with Gasteiger partial charge in [-0.15, -0.1) is 0 Å². The minimum atomic E-state index is -1.06. The molecule has 0 saturated carbocycles. The van der Waals surface area contributed by atoms with Crippen LogP contribution in [0.25, 0.3) is 0 Å². The number of methoxy groups -OCH3 is 1. The summed E-state index contributed by atoms with van der Waals surface area (Å²) in [7, 11) is 3.68. The maximum Gasteiger partial charge on any atom is 0.326 e. The fourth-order valence-electron chi connectivity index (χ4n) is 7.26. The Morgan fingerprint density at radius 1 is 1.25 bits per heavy atom. The van der Waals surface area contributed by atoms with Gasteiger partial charge in [-0.2, -0.15) is 13.5 Å². The van der Waals surface area contributed by atoms with Crippen molar-refractivity contribution in [1.82, 2.24) is 15.5 Å². The molecule has 40 heavy (non-hydrogen) atoms. The van der Waals surface area contributed by atoms with Crippen LogP contribution in [-0.2, 0) is 26.2 Å². The van der Waals surface area contributed by atoms with Gasteiger partial charge in [-0.05, 0) is 62.4 Å². The summed E-state index contributed by atoms with van der Waals surface area (Å²) in [5.41, 5.74) is 1.41. The van der Waals surface area contributed by atoms with Gasteiger partial charge in [0.25, 0.3) is 0 Å². The lowest BCUT2D eigenvalue weighted by molar-refractivity contribution is -0.158. The van der Waals surface area contributed by atoms with Crippen LogP contribution in [0.3, 0.4) is 0 Å². The number of likely N-dealkylation sites (tertiary alicyclic amines) is 1. The molecular weight excluding hydrogens is 534 g/mol. The van der Waals surface area contributed by atoms with Crippen molar-refractivity contribution in [2.45, 2.75) is 81.6 Å². The smallest absolute Gasteiger partial charge is 0.326 e. The number of carboxylic acid groups (broad SMARTS) is 1. The van der Waals surface area contributed by atoms with E-state index in [-0.39, 0.29) is 50.1 Å². The van der Waals surface area contributed by atoms with Gasteiger partial charge in [0.1, 0.15) is 12.1 Å². The summed E-state index contributed by atoms with van der Waals surface area (Å²) in [5.74, 6) is -0.496. The van der Waals surface area contributed by atoms with Crippen LogP contribution in [0.5, 0.6) is 11.5 Å². The number of piperidine rings is 1. The SMILES string of the molecule is COc1ccc2c3c1OC1C(CC(=O)NCCCC(=O)NC(C(=O)O)C(C)C)=CC[C@@]4(O)[C@@H](C2)N(C)CC[C@]314.S. The Labute approximate surface area is 241 Å². The van der Waals surface area contributed by atoms with Crippen molar-refractivity contribution in [3.8, 4) is 11.5 Å². The summed E-state index contributed by atoms with van der Waals surface area (Å²) in [6.45, 7) is 4.60. The summed E-state index contributed by atoms with van der Waals surface area (Å²) < 4.78 is 12.2. The van der Waals surface area contributed by atoms with Crippen molar-refractivity contribution in [1.29, 1.82) is 0 Å². The van der Waals surface area contributed by atoms with Crippen molar-refractivity contribution in [2.75, 3.05) is 27.2 Å². The molecule has 1 saturated heterocycles. The topological polar surface area (TPSA) is 137 Å². The number of carboxylic acids is 1. The lowest BCUT2D eigenvalue weighted by Gasteiger charge is -2.62. The van der Waals surface area contributed by atoms with E-state index in [2.05, 4.69) is 28.6 Å². The van der Waals surface area contributed by atoms with Crippen molar-refractivity contribution < 1.29 is 34.1 Å². The molecule has 5 atom stereocenters. The third-order valence-corrected chi connectivity index (χ3v) is 9.21. The van der Waals surface area contributed by atoms with Gasteiger partial charge < -0.3 is 35.2 Å². The van der Waals surface area contributed by atoms with Crippen LogP contribution in [0, 0.1) is 5.92 Å². The number of carbonyl (C=O) groups excluding carboxylic acids is 2. The fraction of sp³-hybridized carbons (Fsp3) is 0.621. The van der Waals surface area contributed by atoms with Crippen molar-refractivity contribution in [2.24, 2.45) is 5.92 Å². The first-order valence-corrected chi connectivity index (χ1v) is 13.8. The Bertz CT molecular complexity index is 1220. The van der Waals surface area contributed by atoms with E-state index in [1.54, 1.807) is 21.0 Å². The van der Waals surface area contributed by atoms with Crippen molar-refractivity contribution in [3.63, 3.8) is 0 Å². The molecular formula is C29H41N3O7S. The maximum absolute atomic E-state index is 13.0. The highest BCUT2D eigenvalue weighted by Crippen LogP contribution is 2.65. The summed E-state index contributed by atoms with van der Waals surface area (Å²) in [5, 5.41) is 26.9. The third-order valence-electron chi connectivity index (χ3n) is 9.21. The van der Waals surface area contributed by atoms with Gasteiger partial charge in [-0.25, -0.2) is 4.79 Å². The molecule has 5 rings (SSSR count). The Morgan fingerprint density at radius 3 is 2.67 bits per heavy atom. The number of nitrogens with one attached hydrogen (secondary N) is 2. The number of aliphatic carboxylic acids is 1. The molecule has 2 aliphatic heterocycles. The summed E-state index contributed by atoms with van der Waals surface area (Å²) >= 11 is 0. The molecule has 220 valence electrons. The van der Waals surface area contributed by atoms with Crippen LogP contribution in [0.1, 0.15) is 57.1 Å². The average Bonchev–Trinajstić information content (AvgIpc) is 3.24. The quantitative estimate of drug-likeness (QED) is 0.244. The second-order valence-electron chi connectivity index (χ2n) is 11.7. The number of amides is 2. The monoisotopic (exact) mass is 575 g/mol. The van der Waals surface area contributed by atoms with E-state index in [0.29, 0.717) is 30.9 Å². The van der Waals surface area contributed by atoms with E-state index in [4.69, 9.17) is 9.47 Å². The fourth-order valence-corrected chi connectivity index (χ4v) is 7.26. The van der Waals surface area contributed by atoms with Crippen LogP contribution in [0.15, 0.2) is 23.8 Å². The zero-order chi connectivity index (χ0) is 28.1. The molecule has 1 spiro atoms. The van der Waals surface area contributed by atoms with Gasteiger partial charge in [0, 0.05) is 24.6 Å². The highest BCUT2D eigenvalue weighted by atomic mass is 32.1. The number of carbonyl (C=O) groups is 3. The van der Waals surface area contributed by atoms with Gasteiger partial charge in [-0.1, -0.05) is 26.0 Å². The van der Waals surface area contributed by atoms with Gasteiger partial charge >= 0.3 is 5.97 Å². The van der Waals surface area contributed by atoms with Crippen LogP contribution in [-0.4, -0.2) is 83.9 Å². The Balaban J connectivity index is 0.00000370. The molecule has 4 aliphatic rings. The lowest BCUT2D eigenvalue weighted by atomic mass is 9.49. The predicted octanol–water partition coefficient (Wildman–Crippen LogP) is 1.64. The standard InChI is InChI=1S/C29H39N3O7.H2S/c1-16(2)24(27(35)36)31-21(33)6-5-12-30-22(34)15-18-9-10-29(37)20-14-17-7-8-19(38-4)25-23(17)28(29,26(18)39-25)11-13-32(20)3;/h7-9,16,20,24,26,37H,5-6,10-15H2,1-4H3,(H,30,34)(H,31,33)(H,35,36);1H2/t20-,24?,26?,28+,29-;/m1./s1. The number of likely N-dealkylation sites (N-methyl/N-ethyl adjacent to an activating group) is 1. The number of rotatable bonds is 10. The van der Waals surface area contributed by atoms with Crippen molar-refractivity contribution in [3.05, 3.63) is 34.9 Å². The zero-order valence-corrected chi connectivity index (χ0v) is 24.6. The van der Waals surface area contributed by atoms with Gasteiger partial charge in [0.05, 0.1) is 24.5 Å². The molecule has 0 radical (unpaired) electrons. The van der Waals surface area contributed by atoms with Crippen LogP contribution in [0.2, 0.25) is 0 Å². The molecule has 11 heteroatoms. The number of aliphatic hydroxyl groups is 1. The number of benzene rings is 1. The van der Waals surface area contributed by atoms with Crippen LogP contribution >= 0.6 is 13.5 Å². The first-order valence-electron chi connectivity index (χ1n) is 13.8. The molecule has 4 N–H and O–H groups in total. The van der Waals surface area contributed by atoms with E-state index >= 15 is 0 Å².